The molecular weight excluding hydrogens is 370 g/mol. The average Bonchev–Trinajstić information content (AvgIpc) is 2.98. The molecule has 1 unspecified atom stereocenters. The second-order valence-corrected chi connectivity index (χ2v) is 8.11. The Morgan fingerprint density at radius 2 is 1.97 bits per heavy atom. The van der Waals surface area contributed by atoms with Gasteiger partial charge < -0.3 is 15.5 Å². The highest BCUT2D eigenvalue weighted by Gasteiger charge is 2.39. The first-order valence-corrected chi connectivity index (χ1v) is 10.2. The van der Waals surface area contributed by atoms with Crippen molar-refractivity contribution >= 4 is 17.7 Å². The molecule has 1 fully saturated rings. The molecule has 8 heteroatoms. The van der Waals surface area contributed by atoms with Crippen molar-refractivity contribution in [3.05, 3.63) is 34.9 Å². The van der Waals surface area contributed by atoms with Gasteiger partial charge in [-0.3, -0.25) is 24.6 Å². The fraction of sp³-hybridized carbons (Fsp3) is 0.571. The number of carbonyl (C=O) groups excluding carboxylic acids is 3. The Balaban J connectivity index is 1.67. The van der Waals surface area contributed by atoms with Crippen LogP contribution in [0.25, 0.3) is 0 Å². The van der Waals surface area contributed by atoms with Crippen molar-refractivity contribution in [2.75, 3.05) is 40.3 Å². The third-order valence-corrected chi connectivity index (χ3v) is 5.52. The van der Waals surface area contributed by atoms with E-state index in [1.165, 1.54) is 0 Å². The molecule has 1 atom stereocenters. The summed E-state index contributed by atoms with van der Waals surface area (Å²) in [5.74, 6) is -0.779. The predicted octanol–water partition coefficient (Wildman–Crippen LogP) is 0.160. The monoisotopic (exact) mass is 401 g/mol. The number of carbonyl (C=O) groups is 3. The van der Waals surface area contributed by atoms with Crippen LogP contribution in [0.3, 0.4) is 0 Å². The average molecular weight is 402 g/mol. The highest BCUT2D eigenvalue weighted by Crippen LogP contribution is 2.28. The van der Waals surface area contributed by atoms with Crippen LogP contribution in [-0.2, 0) is 22.7 Å². The highest BCUT2D eigenvalue weighted by atomic mass is 16.2. The Morgan fingerprint density at radius 1 is 1.17 bits per heavy atom. The zero-order valence-corrected chi connectivity index (χ0v) is 17.3. The van der Waals surface area contributed by atoms with Gasteiger partial charge in [0.05, 0.1) is 0 Å². The molecule has 8 nitrogen and oxygen atoms in total. The molecule has 1 saturated heterocycles. The summed E-state index contributed by atoms with van der Waals surface area (Å²) in [5.41, 5.74) is 8.44. The smallest absolute Gasteiger partial charge is 0.255 e. The molecule has 1 aromatic rings. The van der Waals surface area contributed by atoms with E-state index in [0.717, 1.165) is 43.7 Å². The predicted molar refractivity (Wildman–Crippen MR) is 110 cm³/mol. The van der Waals surface area contributed by atoms with Crippen LogP contribution in [0.1, 0.15) is 40.7 Å². The van der Waals surface area contributed by atoms with Gasteiger partial charge in [0, 0.05) is 38.2 Å². The maximum atomic E-state index is 13.0. The van der Waals surface area contributed by atoms with Crippen molar-refractivity contribution in [2.45, 2.75) is 38.4 Å². The molecule has 1 aromatic carbocycles. The van der Waals surface area contributed by atoms with Crippen molar-refractivity contribution < 1.29 is 14.4 Å². The molecule has 2 heterocycles. The Morgan fingerprint density at radius 3 is 2.66 bits per heavy atom. The SMILES string of the molecule is CN(C)CCCN(CCN)Cc1ccc2c(c1)C(=O)N(C1CCC(=O)NC1=O)C2. The quantitative estimate of drug-likeness (QED) is 0.572. The summed E-state index contributed by atoms with van der Waals surface area (Å²) in [7, 11) is 4.13. The lowest BCUT2D eigenvalue weighted by Crippen LogP contribution is -2.52. The van der Waals surface area contributed by atoms with Crippen LogP contribution < -0.4 is 11.1 Å². The van der Waals surface area contributed by atoms with Crippen molar-refractivity contribution in [2.24, 2.45) is 5.73 Å². The van der Waals surface area contributed by atoms with Crippen molar-refractivity contribution in [3.8, 4) is 0 Å². The van der Waals surface area contributed by atoms with Crippen LogP contribution in [0.5, 0.6) is 0 Å². The normalized spacial score (nSPS) is 19.3. The minimum absolute atomic E-state index is 0.130. The van der Waals surface area contributed by atoms with E-state index in [-0.39, 0.29) is 24.1 Å². The molecule has 29 heavy (non-hydrogen) atoms. The molecule has 0 aromatic heterocycles. The highest BCUT2D eigenvalue weighted by molar-refractivity contribution is 6.05. The van der Waals surface area contributed by atoms with E-state index in [2.05, 4.69) is 35.3 Å². The molecule has 0 bridgehead atoms. The van der Waals surface area contributed by atoms with E-state index in [4.69, 9.17) is 5.73 Å². The summed E-state index contributed by atoms with van der Waals surface area (Å²) in [6.45, 7) is 4.52. The van der Waals surface area contributed by atoms with Gasteiger partial charge in [-0.05, 0) is 57.2 Å². The number of nitrogens with zero attached hydrogens (tertiary/aromatic N) is 3. The molecule has 2 aliphatic rings. The van der Waals surface area contributed by atoms with Gasteiger partial charge in [0.15, 0.2) is 0 Å². The van der Waals surface area contributed by atoms with Gasteiger partial charge in [-0.25, -0.2) is 0 Å². The molecule has 3 rings (SSSR count). The second-order valence-electron chi connectivity index (χ2n) is 8.11. The fourth-order valence-corrected chi connectivity index (χ4v) is 4.02. The van der Waals surface area contributed by atoms with Crippen molar-refractivity contribution in [1.82, 2.24) is 20.0 Å². The number of imide groups is 1. The molecular formula is C21H31N5O3. The van der Waals surface area contributed by atoms with Gasteiger partial charge in [0.1, 0.15) is 6.04 Å². The molecule has 2 aliphatic heterocycles. The minimum Gasteiger partial charge on any atom is -0.329 e. The lowest BCUT2D eigenvalue weighted by atomic mass is 10.0. The second kappa shape index (κ2) is 9.47. The van der Waals surface area contributed by atoms with Crippen LogP contribution >= 0.6 is 0 Å². The third-order valence-electron chi connectivity index (χ3n) is 5.52. The largest absolute Gasteiger partial charge is 0.329 e. The van der Waals surface area contributed by atoms with Crippen LogP contribution in [0.4, 0.5) is 0 Å². The summed E-state index contributed by atoms with van der Waals surface area (Å²) in [5, 5.41) is 2.34. The lowest BCUT2D eigenvalue weighted by molar-refractivity contribution is -0.136. The Bertz CT molecular complexity index is 780. The summed E-state index contributed by atoms with van der Waals surface area (Å²) in [6.07, 6.45) is 1.70. The lowest BCUT2D eigenvalue weighted by Gasteiger charge is -2.29. The topological polar surface area (TPSA) is 99.0 Å². The number of amides is 3. The molecule has 158 valence electrons. The number of nitrogens with one attached hydrogen (secondary N) is 1. The first-order valence-electron chi connectivity index (χ1n) is 10.2. The maximum Gasteiger partial charge on any atom is 0.255 e. The first-order chi connectivity index (χ1) is 13.9. The maximum absolute atomic E-state index is 13.0. The molecule has 0 aliphatic carbocycles. The Labute approximate surface area is 172 Å². The van der Waals surface area contributed by atoms with E-state index in [1.54, 1.807) is 4.90 Å². The third kappa shape index (κ3) is 5.20. The van der Waals surface area contributed by atoms with Gasteiger partial charge in [0.2, 0.25) is 11.8 Å². The van der Waals surface area contributed by atoms with E-state index in [9.17, 15) is 14.4 Å². The van der Waals surface area contributed by atoms with Crippen LogP contribution in [0.15, 0.2) is 18.2 Å². The number of fused-ring (bicyclic) bond motifs is 1. The van der Waals surface area contributed by atoms with E-state index in [0.29, 0.717) is 25.1 Å². The van der Waals surface area contributed by atoms with Crippen molar-refractivity contribution in [1.29, 1.82) is 0 Å². The minimum atomic E-state index is -0.573. The van der Waals surface area contributed by atoms with Gasteiger partial charge >= 0.3 is 0 Å². The molecule has 0 radical (unpaired) electrons. The number of hydrogen-bond donors (Lipinski definition) is 2. The number of piperidine rings is 1. The Kier molecular flexibility index (Phi) is 7.00. The van der Waals surface area contributed by atoms with Crippen molar-refractivity contribution in [3.63, 3.8) is 0 Å². The summed E-state index contributed by atoms with van der Waals surface area (Å²) < 4.78 is 0. The van der Waals surface area contributed by atoms with E-state index in [1.807, 2.05) is 12.1 Å². The zero-order chi connectivity index (χ0) is 21.0. The van der Waals surface area contributed by atoms with E-state index < -0.39 is 6.04 Å². The number of nitrogens with two attached hydrogens (primary N) is 1. The van der Waals surface area contributed by atoms with E-state index >= 15 is 0 Å². The summed E-state index contributed by atoms with van der Waals surface area (Å²) in [4.78, 5) is 42.6. The summed E-state index contributed by atoms with van der Waals surface area (Å²) >= 11 is 0. The van der Waals surface area contributed by atoms with Crippen LogP contribution in [0.2, 0.25) is 0 Å². The standard InChI is InChI=1S/C21H31N5O3/c1-24(2)9-3-10-25(11-8-22)13-15-4-5-16-14-26(21(29)17(16)12-15)18-6-7-19(27)23-20(18)28/h4-5,12,18H,3,6-11,13-14,22H2,1-2H3,(H,23,27,28). The van der Waals surface area contributed by atoms with Gasteiger partial charge in [-0.1, -0.05) is 12.1 Å². The molecule has 0 spiro atoms. The zero-order valence-electron chi connectivity index (χ0n) is 17.3. The molecule has 3 N–H and O–H groups in total. The molecule has 0 saturated carbocycles. The first kappa shape index (κ1) is 21.4. The summed E-state index contributed by atoms with van der Waals surface area (Å²) in [6, 6.07) is 5.40. The van der Waals surface area contributed by atoms with Crippen LogP contribution in [-0.4, -0.2) is 78.7 Å². The number of rotatable bonds is 9. The van der Waals surface area contributed by atoms with Gasteiger partial charge in [-0.15, -0.1) is 0 Å². The molecule has 3 amide bonds. The fourth-order valence-electron chi connectivity index (χ4n) is 4.02. The number of hydrogen-bond acceptors (Lipinski definition) is 6. The van der Waals surface area contributed by atoms with Gasteiger partial charge in [-0.2, -0.15) is 0 Å². The van der Waals surface area contributed by atoms with Gasteiger partial charge in [0.25, 0.3) is 5.91 Å². The number of benzene rings is 1. The van der Waals surface area contributed by atoms with Crippen LogP contribution in [0, 0.1) is 0 Å². The Hall–Kier alpha value is -2.29.